The largest absolute Gasteiger partial charge is 0.466 e. The van der Waals surface area contributed by atoms with Crippen molar-refractivity contribution in [1.82, 2.24) is 9.80 Å². The van der Waals surface area contributed by atoms with E-state index in [1.807, 2.05) is 6.92 Å². The van der Waals surface area contributed by atoms with Crippen molar-refractivity contribution < 1.29 is 4.42 Å². The van der Waals surface area contributed by atoms with Gasteiger partial charge in [-0.2, -0.15) is 0 Å². The van der Waals surface area contributed by atoms with E-state index in [1.54, 1.807) is 0 Å². The van der Waals surface area contributed by atoms with E-state index < -0.39 is 0 Å². The molecule has 1 aromatic heterocycles. The van der Waals surface area contributed by atoms with Crippen LogP contribution >= 0.6 is 0 Å². The monoisotopic (exact) mass is 262 g/mol. The number of nitrogens with zero attached hydrogens (tertiary/aromatic N) is 2. The summed E-state index contributed by atoms with van der Waals surface area (Å²) in [6.07, 6.45) is 2.75. The molecule has 0 saturated carbocycles. The maximum absolute atomic E-state index is 5.71. The number of hydrogen-bond donors (Lipinski definition) is 0. The van der Waals surface area contributed by atoms with Gasteiger partial charge in [0.2, 0.25) is 0 Å². The van der Waals surface area contributed by atoms with E-state index in [2.05, 4.69) is 36.6 Å². The first-order valence-corrected chi connectivity index (χ1v) is 7.63. The first-order valence-electron chi connectivity index (χ1n) is 7.63. The van der Waals surface area contributed by atoms with Crippen LogP contribution in [0.4, 0.5) is 0 Å². The minimum absolute atomic E-state index is 0.468. The topological polar surface area (TPSA) is 19.6 Å². The van der Waals surface area contributed by atoms with Gasteiger partial charge in [0.1, 0.15) is 11.5 Å². The third kappa shape index (κ3) is 2.34. The zero-order valence-corrected chi connectivity index (χ0v) is 12.6. The summed E-state index contributed by atoms with van der Waals surface area (Å²) in [6.45, 7) is 12.6. The van der Waals surface area contributed by atoms with Crippen molar-refractivity contribution in [2.45, 2.75) is 58.7 Å². The summed E-state index contributed by atoms with van der Waals surface area (Å²) in [5.41, 5.74) is 1.37. The van der Waals surface area contributed by atoms with Gasteiger partial charge in [-0.25, -0.2) is 0 Å². The quantitative estimate of drug-likeness (QED) is 0.816. The van der Waals surface area contributed by atoms with Crippen LogP contribution in [0.2, 0.25) is 0 Å². The summed E-state index contributed by atoms with van der Waals surface area (Å²) in [5.74, 6) is 2.12. The average molecular weight is 262 g/mol. The molecule has 3 heteroatoms. The van der Waals surface area contributed by atoms with Crippen LogP contribution in [-0.2, 0) is 0 Å². The first kappa shape index (κ1) is 13.2. The van der Waals surface area contributed by atoms with Crippen LogP contribution in [0.15, 0.2) is 10.5 Å². The summed E-state index contributed by atoms with van der Waals surface area (Å²) in [5, 5.41) is 0. The maximum Gasteiger partial charge on any atom is 0.105 e. The van der Waals surface area contributed by atoms with Gasteiger partial charge in [0, 0.05) is 36.8 Å². The van der Waals surface area contributed by atoms with E-state index >= 15 is 0 Å². The van der Waals surface area contributed by atoms with Gasteiger partial charge in [0.15, 0.2) is 0 Å². The van der Waals surface area contributed by atoms with Gasteiger partial charge in [-0.1, -0.05) is 0 Å². The average Bonchev–Trinajstić information content (AvgIpc) is 2.93. The molecule has 0 spiro atoms. The molecule has 2 aliphatic heterocycles. The Kier molecular flexibility index (Phi) is 3.44. The molecule has 2 aliphatic rings. The van der Waals surface area contributed by atoms with Gasteiger partial charge < -0.3 is 4.42 Å². The lowest BCUT2D eigenvalue weighted by Gasteiger charge is -2.45. The smallest absolute Gasteiger partial charge is 0.105 e. The number of furan rings is 1. The molecule has 19 heavy (non-hydrogen) atoms. The molecule has 0 radical (unpaired) electrons. The van der Waals surface area contributed by atoms with E-state index in [-0.39, 0.29) is 0 Å². The minimum atomic E-state index is 0.468. The number of piperazine rings is 1. The molecule has 3 rings (SSSR count). The molecule has 0 bridgehead atoms. The maximum atomic E-state index is 5.71. The molecule has 0 aromatic carbocycles. The summed E-state index contributed by atoms with van der Waals surface area (Å²) in [6, 6.07) is 4.11. The lowest BCUT2D eigenvalue weighted by molar-refractivity contribution is 0.0322. The van der Waals surface area contributed by atoms with E-state index in [4.69, 9.17) is 4.42 Å². The van der Waals surface area contributed by atoms with E-state index in [0.717, 1.165) is 17.6 Å². The van der Waals surface area contributed by atoms with Crippen LogP contribution in [0.1, 0.15) is 49.8 Å². The van der Waals surface area contributed by atoms with Crippen LogP contribution in [-0.4, -0.2) is 41.5 Å². The number of fused-ring (bicyclic) bond motifs is 1. The Balaban J connectivity index is 1.79. The molecule has 3 nitrogen and oxygen atoms in total. The standard InChI is InChI=1S/C16H26N2O/c1-11-9-17-7-5-6-15(17)10-18(11)13(3)16-8-12(2)19-14(16)4/h8,11,13,15H,5-7,9-10H2,1-4H3. The second kappa shape index (κ2) is 4.95. The van der Waals surface area contributed by atoms with Crippen molar-refractivity contribution in [1.29, 1.82) is 0 Å². The summed E-state index contributed by atoms with van der Waals surface area (Å²) in [7, 11) is 0. The first-order chi connectivity index (χ1) is 9.06. The molecule has 0 aliphatic carbocycles. The van der Waals surface area contributed by atoms with Crippen LogP contribution in [0.3, 0.4) is 0 Å². The highest BCUT2D eigenvalue weighted by Gasteiger charge is 2.37. The fourth-order valence-electron chi connectivity index (χ4n) is 3.99. The van der Waals surface area contributed by atoms with Crippen molar-refractivity contribution in [2.75, 3.05) is 19.6 Å². The van der Waals surface area contributed by atoms with Crippen LogP contribution < -0.4 is 0 Å². The summed E-state index contributed by atoms with van der Waals surface area (Å²) in [4.78, 5) is 5.35. The van der Waals surface area contributed by atoms with Gasteiger partial charge >= 0.3 is 0 Å². The summed E-state index contributed by atoms with van der Waals surface area (Å²) >= 11 is 0. The number of hydrogen-bond acceptors (Lipinski definition) is 3. The second-order valence-electron chi connectivity index (χ2n) is 6.38. The van der Waals surface area contributed by atoms with Crippen molar-refractivity contribution in [3.8, 4) is 0 Å². The Hall–Kier alpha value is -0.800. The zero-order chi connectivity index (χ0) is 13.6. The molecule has 3 atom stereocenters. The lowest BCUT2D eigenvalue weighted by Crippen LogP contribution is -2.55. The summed E-state index contributed by atoms with van der Waals surface area (Å²) < 4.78 is 5.71. The van der Waals surface area contributed by atoms with Crippen molar-refractivity contribution in [3.05, 3.63) is 23.2 Å². The Labute approximate surface area is 116 Å². The third-order valence-corrected chi connectivity index (χ3v) is 5.01. The number of aryl methyl sites for hydroxylation is 2. The predicted molar refractivity (Wildman–Crippen MR) is 77.4 cm³/mol. The lowest BCUT2D eigenvalue weighted by atomic mass is 10.0. The minimum Gasteiger partial charge on any atom is -0.466 e. The molecule has 106 valence electrons. The van der Waals surface area contributed by atoms with Crippen molar-refractivity contribution in [2.24, 2.45) is 0 Å². The van der Waals surface area contributed by atoms with Crippen LogP contribution in [0.25, 0.3) is 0 Å². The fourth-order valence-corrected chi connectivity index (χ4v) is 3.99. The van der Waals surface area contributed by atoms with Crippen molar-refractivity contribution in [3.63, 3.8) is 0 Å². The van der Waals surface area contributed by atoms with Crippen LogP contribution in [0.5, 0.6) is 0 Å². The zero-order valence-electron chi connectivity index (χ0n) is 12.6. The predicted octanol–water partition coefficient (Wildman–Crippen LogP) is 3.13. The molecule has 0 amide bonds. The Morgan fingerprint density at radius 2 is 2.11 bits per heavy atom. The van der Waals surface area contributed by atoms with Gasteiger partial charge in [0.25, 0.3) is 0 Å². The second-order valence-corrected chi connectivity index (χ2v) is 6.38. The van der Waals surface area contributed by atoms with E-state index in [1.165, 1.54) is 38.0 Å². The molecule has 3 unspecified atom stereocenters. The highest BCUT2D eigenvalue weighted by molar-refractivity contribution is 5.24. The van der Waals surface area contributed by atoms with Gasteiger partial charge in [-0.05, 0) is 53.1 Å². The molecule has 2 saturated heterocycles. The van der Waals surface area contributed by atoms with Gasteiger partial charge in [-0.3, -0.25) is 9.80 Å². The Bertz CT molecular complexity index is 454. The number of rotatable bonds is 2. The van der Waals surface area contributed by atoms with Crippen LogP contribution in [0, 0.1) is 13.8 Å². The highest BCUT2D eigenvalue weighted by atomic mass is 16.3. The highest BCUT2D eigenvalue weighted by Crippen LogP contribution is 2.33. The molecule has 1 aromatic rings. The SMILES string of the molecule is Cc1cc(C(C)N2CC3CCCN3CC2C)c(C)o1. The molecule has 2 fully saturated rings. The Morgan fingerprint density at radius 1 is 1.32 bits per heavy atom. The third-order valence-electron chi connectivity index (χ3n) is 5.01. The molecular formula is C16H26N2O. The van der Waals surface area contributed by atoms with Gasteiger partial charge in [-0.15, -0.1) is 0 Å². The van der Waals surface area contributed by atoms with Crippen molar-refractivity contribution >= 4 is 0 Å². The molecule has 3 heterocycles. The Morgan fingerprint density at radius 3 is 2.79 bits per heavy atom. The molecule has 0 N–H and O–H groups in total. The fraction of sp³-hybridized carbons (Fsp3) is 0.750. The molecular weight excluding hydrogens is 236 g/mol. The van der Waals surface area contributed by atoms with Gasteiger partial charge in [0.05, 0.1) is 0 Å². The normalized spacial score (nSPS) is 30.5. The van der Waals surface area contributed by atoms with E-state index in [0.29, 0.717) is 12.1 Å². The van der Waals surface area contributed by atoms with E-state index in [9.17, 15) is 0 Å².